The highest BCUT2D eigenvalue weighted by molar-refractivity contribution is 5.28. The topological polar surface area (TPSA) is 24.3 Å². The molecule has 2 heterocycles. The molecule has 0 bridgehead atoms. The number of hydrogen-bond acceptors (Lipinski definition) is 3. The minimum Gasteiger partial charge on any atom is -0.336 e. The van der Waals surface area contributed by atoms with E-state index in [1.54, 1.807) is 0 Å². The van der Waals surface area contributed by atoms with E-state index in [1.165, 1.54) is 22.3 Å². The van der Waals surface area contributed by atoms with E-state index in [0.717, 1.165) is 39.3 Å². The van der Waals surface area contributed by atoms with Crippen molar-refractivity contribution >= 4 is 0 Å². The number of nitrogens with zero attached hydrogens (tertiary/aromatic N) is 4. The average Bonchev–Trinajstić information content (AvgIpc) is 3.28. The van der Waals surface area contributed by atoms with Crippen LogP contribution < -0.4 is 0 Å². The molecule has 3 aromatic rings. The van der Waals surface area contributed by atoms with Crippen LogP contribution in [0.25, 0.3) is 0 Å². The largest absolute Gasteiger partial charge is 0.336 e. The van der Waals surface area contributed by atoms with Gasteiger partial charge in [0.15, 0.2) is 0 Å². The van der Waals surface area contributed by atoms with Crippen molar-refractivity contribution in [1.29, 1.82) is 0 Å². The van der Waals surface area contributed by atoms with Gasteiger partial charge in [-0.05, 0) is 33.1 Å². The van der Waals surface area contributed by atoms with Gasteiger partial charge in [0.1, 0.15) is 0 Å². The molecule has 4 heteroatoms. The lowest BCUT2D eigenvalue weighted by molar-refractivity contribution is 0.0549. The number of benzene rings is 2. The molecular formula is C30H42N4. The molecule has 1 saturated heterocycles. The summed E-state index contributed by atoms with van der Waals surface area (Å²) in [6.07, 6.45) is 5.91. The van der Waals surface area contributed by atoms with Crippen molar-refractivity contribution in [2.45, 2.75) is 78.0 Å². The lowest BCUT2D eigenvalue weighted by Gasteiger charge is -2.42. The van der Waals surface area contributed by atoms with E-state index in [4.69, 9.17) is 0 Å². The molecule has 0 N–H and O–H groups in total. The van der Waals surface area contributed by atoms with Crippen LogP contribution in [0.5, 0.6) is 0 Å². The Morgan fingerprint density at radius 2 is 1.32 bits per heavy atom. The van der Waals surface area contributed by atoms with Crippen molar-refractivity contribution in [2.75, 3.05) is 19.6 Å². The Balaban J connectivity index is 1.44. The Bertz CT molecular complexity index is 1020. The Morgan fingerprint density at radius 3 is 1.82 bits per heavy atom. The number of hydrogen-bond donors (Lipinski definition) is 0. The highest BCUT2D eigenvalue weighted by Crippen LogP contribution is 2.25. The second-order valence-electron chi connectivity index (χ2n) is 12.0. The second kappa shape index (κ2) is 10.1. The third kappa shape index (κ3) is 6.37. The number of aromatic nitrogens is 2. The molecule has 182 valence electrons. The smallest absolute Gasteiger partial charge is 0.0946 e. The Labute approximate surface area is 206 Å². The minimum absolute atomic E-state index is 0.194. The molecule has 0 saturated carbocycles. The van der Waals surface area contributed by atoms with Gasteiger partial charge in [0.2, 0.25) is 0 Å². The zero-order valence-corrected chi connectivity index (χ0v) is 22.0. The van der Waals surface area contributed by atoms with Crippen LogP contribution >= 0.6 is 0 Å². The molecule has 1 aromatic heterocycles. The molecule has 0 spiro atoms. The van der Waals surface area contributed by atoms with E-state index in [2.05, 4.69) is 116 Å². The Morgan fingerprint density at radius 1 is 0.765 bits per heavy atom. The first-order valence-corrected chi connectivity index (χ1v) is 12.7. The molecule has 1 aliphatic rings. The first-order chi connectivity index (χ1) is 16.1. The Kier molecular flexibility index (Phi) is 7.30. The summed E-state index contributed by atoms with van der Waals surface area (Å²) in [4.78, 5) is 9.55. The molecule has 4 nitrogen and oxygen atoms in total. The summed E-state index contributed by atoms with van der Waals surface area (Å²) in [5.74, 6) is 0. The predicted molar refractivity (Wildman–Crippen MR) is 142 cm³/mol. The van der Waals surface area contributed by atoms with E-state index in [9.17, 15) is 0 Å². The van der Waals surface area contributed by atoms with Crippen molar-refractivity contribution in [2.24, 2.45) is 0 Å². The van der Waals surface area contributed by atoms with Crippen LogP contribution in [0.3, 0.4) is 0 Å². The van der Waals surface area contributed by atoms with Crippen molar-refractivity contribution in [3.63, 3.8) is 0 Å². The molecule has 1 fully saturated rings. The van der Waals surface area contributed by atoms with Crippen LogP contribution in [-0.4, -0.2) is 45.0 Å². The van der Waals surface area contributed by atoms with Gasteiger partial charge in [-0.1, -0.05) is 90.1 Å². The number of piperazine rings is 1. The normalized spacial score (nSPS) is 18.4. The lowest BCUT2D eigenvalue weighted by Crippen LogP contribution is -2.53. The van der Waals surface area contributed by atoms with Gasteiger partial charge in [-0.15, -0.1) is 0 Å². The van der Waals surface area contributed by atoms with Crippen LogP contribution in [0.2, 0.25) is 0 Å². The molecule has 0 aliphatic carbocycles. The van der Waals surface area contributed by atoms with Crippen molar-refractivity contribution < 1.29 is 0 Å². The molecule has 0 radical (unpaired) electrons. The van der Waals surface area contributed by atoms with Crippen LogP contribution in [-0.2, 0) is 30.5 Å². The van der Waals surface area contributed by atoms with Gasteiger partial charge >= 0.3 is 0 Å². The van der Waals surface area contributed by atoms with Gasteiger partial charge in [-0.25, -0.2) is 4.98 Å². The molecule has 2 aromatic carbocycles. The molecule has 0 amide bonds. The van der Waals surface area contributed by atoms with Gasteiger partial charge in [0.25, 0.3) is 0 Å². The molecule has 4 rings (SSSR count). The monoisotopic (exact) mass is 458 g/mol. The minimum atomic E-state index is 0.194. The SMILES string of the molecule is CC(C)(C)c1ccc(CN2CCN(Cc3ccc(C(C)(C)C)cc3)C(Cn3ccnc3)C2)cc1. The maximum absolute atomic E-state index is 4.27. The predicted octanol–water partition coefficient (Wildman–Crippen LogP) is 5.86. The third-order valence-corrected chi connectivity index (χ3v) is 7.10. The van der Waals surface area contributed by atoms with E-state index in [0.29, 0.717) is 6.04 Å². The zero-order valence-electron chi connectivity index (χ0n) is 22.0. The van der Waals surface area contributed by atoms with Crippen LogP contribution in [0, 0.1) is 0 Å². The van der Waals surface area contributed by atoms with Crippen molar-refractivity contribution in [3.05, 3.63) is 89.5 Å². The molecular weight excluding hydrogens is 416 g/mol. The number of imidazole rings is 1. The van der Waals surface area contributed by atoms with Gasteiger partial charge in [0, 0.05) is 57.7 Å². The lowest BCUT2D eigenvalue weighted by atomic mass is 9.86. The van der Waals surface area contributed by atoms with E-state index in [-0.39, 0.29) is 10.8 Å². The third-order valence-electron chi connectivity index (χ3n) is 7.10. The van der Waals surface area contributed by atoms with E-state index >= 15 is 0 Å². The summed E-state index contributed by atoms with van der Waals surface area (Å²) in [7, 11) is 0. The first-order valence-electron chi connectivity index (χ1n) is 12.7. The van der Waals surface area contributed by atoms with E-state index < -0.39 is 0 Å². The molecule has 34 heavy (non-hydrogen) atoms. The first kappa shape index (κ1) is 24.7. The highest BCUT2D eigenvalue weighted by atomic mass is 15.3. The van der Waals surface area contributed by atoms with Crippen molar-refractivity contribution in [3.8, 4) is 0 Å². The summed E-state index contributed by atoms with van der Waals surface area (Å²) in [6, 6.07) is 18.9. The molecule has 1 aliphatic heterocycles. The van der Waals surface area contributed by atoms with Gasteiger partial charge in [0.05, 0.1) is 6.33 Å². The molecule has 1 unspecified atom stereocenters. The fourth-order valence-electron chi connectivity index (χ4n) is 4.83. The van der Waals surface area contributed by atoms with Crippen LogP contribution in [0.4, 0.5) is 0 Å². The summed E-state index contributed by atoms with van der Waals surface area (Å²) in [6.45, 7) is 19.9. The van der Waals surface area contributed by atoms with Gasteiger partial charge in [-0.2, -0.15) is 0 Å². The molecule has 1 atom stereocenters. The van der Waals surface area contributed by atoms with Crippen LogP contribution in [0.1, 0.15) is 63.8 Å². The Hall–Kier alpha value is -2.43. The highest BCUT2D eigenvalue weighted by Gasteiger charge is 2.27. The summed E-state index contributed by atoms with van der Waals surface area (Å²) < 4.78 is 2.22. The zero-order chi connectivity index (χ0) is 24.3. The maximum atomic E-state index is 4.27. The number of rotatable bonds is 6. The quantitative estimate of drug-likeness (QED) is 0.462. The standard InChI is InChI=1S/C30H42N4/c1-29(2,3)26-11-7-24(8-12-26)19-32-17-18-34(28(21-32)22-33-16-15-31-23-33)20-25-9-13-27(14-10-25)30(4,5)6/h7-16,23,28H,17-22H2,1-6H3. The fourth-order valence-corrected chi connectivity index (χ4v) is 4.83. The van der Waals surface area contributed by atoms with E-state index in [1.807, 2.05) is 12.5 Å². The van der Waals surface area contributed by atoms with Gasteiger partial charge < -0.3 is 4.57 Å². The second-order valence-corrected chi connectivity index (χ2v) is 12.0. The summed E-state index contributed by atoms with van der Waals surface area (Å²) >= 11 is 0. The average molecular weight is 459 g/mol. The summed E-state index contributed by atoms with van der Waals surface area (Å²) in [5.41, 5.74) is 5.99. The van der Waals surface area contributed by atoms with Crippen molar-refractivity contribution in [1.82, 2.24) is 19.4 Å². The summed E-state index contributed by atoms with van der Waals surface area (Å²) in [5, 5.41) is 0. The fraction of sp³-hybridized carbons (Fsp3) is 0.500. The maximum Gasteiger partial charge on any atom is 0.0946 e. The van der Waals surface area contributed by atoms with Crippen LogP contribution in [0.15, 0.2) is 67.3 Å². The van der Waals surface area contributed by atoms with Gasteiger partial charge in [-0.3, -0.25) is 9.80 Å².